The van der Waals surface area contributed by atoms with Crippen molar-refractivity contribution in [3.05, 3.63) is 0 Å². The van der Waals surface area contributed by atoms with Crippen molar-refractivity contribution in [3.8, 4) is 0 Å². The molecular formula is C12H23NO2. The molecule has 1 aliphatic carbocycles. The minimum Gasteiger partial charge on any atom is -0.394 e. The highest BCUT2D eigenvalue weighted by molar-refractivity contribution is 5.76. The lowest BCUT2D eigenvalue weighted by Crippen LogP contribution is -2.56. The molecule has 1 rings (SSSR count). The van der Waals surface area contributed by atoms with Gasteiger partial charge in [-0.25, -0.2) is 0 Å². The normalized spacial score (nSPS) is 18.3. The van der Waals surface area contributed by atoms with E-state index in [1.165, 1.54) is 12.8 Å². The van der Waals surface area contributed by atoms with Crippen molar-refractivity contribution in [3.63, 3.8) is 0 Å². The summed E-state index contributed by atoms with van der Waals surface area (Å²) in [6.07, 6.45) is 8.12. The predicted octanol–water partition coefficient (Wildman–Crippen LogP) is 1.99. The number of rotatable bonds is 7. The Kier molecular flexibility index (Phi) is 5.09. The Hall–Kier alpha value is -0.570. The maximum absolute atomic E-state index is 11.6. The first-order valence-corrected chi connectivity index (χ1v) is 6.14. The summed E-state index contributed by atoms with van der Waals surface area (Å²) in [5, 5.41) is 12.1. The highest BCUT2D eigenvalue weighted by Gasteiger charge is 2.37. The second-order valence-electron chi connectivity index (χ2n) is 4.65. The van der Waals surface area contributed by atoms with Crippen LogP contribution in [0, 0.1) is 0 Å². The maximum Gasteiger partial charge on any atom is 0.220 e. The van der Waals surface area contributed by atoms with E-state index < -0.39 is 0 Å². The molecule has 1 aliphatic rings. The lowest BCUT2D eigenvalue weighted by molar-refractivity contribution is -0.125. The molecule has 88 valence electrons. The number of carbonyl (C=O) groups excluding carboxylic acids is 1. The van der Waals surface area contributed by atoms with Gasteiger partial charge in [0.1, 0.15) is 0 Å². The Balaban J connectivity index is 2.12. The van der Waals surface area contributed by atoms with Gasteiger partial charge in [-0.2, -0.15) is 0 Å². The fourth-order valence-electron chi connectivity index (χ4n) is 2.00. The number of hydrogen-bond donors (Lipinski definition) is 2. The van der Waals surface area contributed by atoms with Crippen LogP contribution < -0.4 is 5.32 Å². The summed E-state index contributed by atoms with van der Waals surface area (Å²) < 4.78 is 0. The number of carbonyl (C=O) groups is 1. The van der Waals surface area contributed by atoms with Gasteiger partial charge in [-0.3, -0.25) is 4.79 Å². The molecule has 0 heterocycles. The van der Waals surface area contributed by atoms with Crippen LogP contribution in [-0.2, 0) is 4.79 Å². The van der Waals surface area contributed by atoms with E-state index in [4.69, 9.17) is 0 Å². The summed E-state index contributed by atoms with van der Waals surface area (Å²) in [5.41, 5.74) is -0.262. The van der Waals surface area contributed by atoms with Gasteiger partial charge in [0.05, 0.1) is 12.1 Å². The topological polar surface area (TPSA) is 49.3 Å². The maximum atomic E-state index is 11.6. The third-order valence-electron chi connectivity index (χ3n) is 3.28. The van der Waals surface area contributed by atoms with Crippen molar-refractivity contribution in [2.75, 3.05) is 6.61 Å². The molecule has 1 saturated carbocycles. The quantitative estimate of drug-likeness (QED) is 0.635. The van der Waals surface area contributed by atoms with Crippen LogP contribution in [-0.4, -0.2) is 23.2 Å². The molecule has 0 saturated heterocycles. The summed E-state index contributed by atoms with van der Waals surface area (Å²) in [6, 6.07) is 0. The average molecular weight is 213 g/mol. The van der Waals surface area contributed by atoms with E-state index in [-0.39, 0.29) is 18.1 Å². The molecule has 3 heteroatoms. The molecule has 0 aromatic heterocycles. The lowest BCUT2D eigenvalue weighted by Gasteiger charge is -2.41. The van der Waals surface area contributed by atoms with Crippen molar-refractivity contribution in [1.29, 1.82) is 0 Å². The minimum absolute atomic E-state index is 0.0910. The van der Waals surface area contributed by atoms with Crippen LogP contribution in [0.3, 0.4) is 0 Å². The second kappa shape index (κ2) is 6.11. The molecule has 3 nitrogen and oxygen atoms in total. The number of nitrogens with one attached hydrogen (secondary N) is 1. The molecule has 0 radical (unpaired) electrons. The molecule has 0 spiro atoms. The zero-order chi connectivity index (χ0) is 11.1. The van der Waals surface area contributed by atoms with Crippen LogP contribution in [0.1, 0.15) is 58.3 Å². The molecule has 0 aliphatic heterocycles. The van der Waals surface area contributed by atoms with Crippen LogP contribution in [0.15, 0.2) is 0 Å². The van der Waals surface area contributed by atoms with E-state index in [1.807, 2.05) is 0 Å². The van der Waals surface area contributed by atoms with Gasteiger partial charge in [-0.15, -0.1) is 0 Å². The highest BCUT2D eigenvalue weighted by atomic mass is 16.3. The lowest BCUT2D eigenvalue weighted by atomic mass is 9.77. The average Bonchev–Trinajstić information content (AvgIpc) is 2.18. The van der Waals surface area contributed by atoms with Gasteiger partial charge in [0.25, 0.3) is 0 Å². The number of hydrogen-bond acceptors (Lipinski definition) is 2. The zero-order valence-corrected chi connectivity index (χ0v) is 9.72. The van der Waals surface area contributed by atoms with Crippen molar-refractivity contribution in [2.45, 2.75) is 63.8 Å². The van der Waals surface area contributed by atoms with Crippen LogP contribution in [0.25, 0.3) is 0 Å². The van der Waals surface area contributed by atoms with Crippen molar-refractivity contribution >= 4 is 5.91 Å². The molecular weight excluding hydrogens is 190 g/mol. The van der Waals surface area contributed by atoms with Crippen LogP contribution in [0.4, 0.5) is 0 Å². The molecule has 0 bridgehead atoms. The third-order valence-corrected chi connectivity index (χ3v) is 3.28. The Morgan fingerprint density at radius 3 is 2.53 bits per heavy atom. The molecule has 0 aromatic carbocycles. The summed E-state index contributed by atoms with van der Waals surface area (Å²) in [4.78, 5) is 11.6. The Morgan fingerprint density at radius 2 is 2.07 bits per heavy atom. The van der Waals surface area contributed by atoms with Crippen LogP contribution >= 0.6 is 0 Å². The summed E-state index contributed by atoms with van der Waals surface area (Å²) in [5.74, 6) is 0.111. The highest BCUT2D eigenvalue weighted by Crippen LogP contribution is 2.31. The molecule has 0 aromatic rings. The fraction of sp³-hybridized carbons (Fsp3) is 0.917. The van der Waals surface area contributed by atoms with E-state index >= 15 is 0 Å². The molecule has 0 atom stereocenters. The van der Waals surface area contributed by atoms with Crippen molar-refractivity contribution < 1.29 is 9.90 Å². The SMILES string of the molecule is CCCCCCC(=O)NC1(CO)CCC1. The number of unbranched alkanes of at least 4 members (excludes halogenated alkanes) is 3. The summed E-state index contributed by atoms with van der Waals surface area (Å²) >= 11 is 0. The number of aliphatic hydroxyl groups is 1. The smallest absolute Gasteiger partial charge is 0.220 e. The van der Waals surface area contributed by atoms with E-state index in [2.05, 4.69) is 12.2 Å². The Morgan fingerprint density at radius 1 is 1.33 bits per heavy atom. The molecule has 15 heavy (non-hydrogen) atoms. The van der Waals surface area contributed by atoms with Gasteiger partial charge in [0.2, 0.25) is 5.91 Å². The zero-order valence-electron chi connectivity index (χ0n) is 9.72. The van der Waals surface area contributed by atoms with Crippen LogP contribution in [0.5, 0.6) is 0 Å². The van der Waals surface area contributed by atoms with Gasteiger partial charge in [-0.1, -0.05) is 26.2 Å². The van der Waals surface area contributed by atoms with Gasteiger partial charge >= 0.3 is 0 Å². The van der Waals surface area contributed by atoms with Gasteiger partial charge in [0, 0.05) is 6.42 Å². The summed E-state index contributed by atoms with van der Waals surface area (Å²) in [7, 11) is 0. The van der Waals surface area contributed by atoms with Crippen LogP contribution in [0.2, 0.25) is 0 Å². The number of aliphatic hydroxyl groups excluding tert-OH is 1. The second-order valence-corrected chi connectivity index (χ2v) is 4.65. The number of amides is 1. The molecule has 1 fully saturated rings. The molecule has 0 unspecified atom stereocenters. The minimum atomic E-state index is -0.262. The van der Waals surface area contributed by atoms with E-state index in [0.717, 1.165) is 32.1 Å². The Bertz CT molecular complexity index is 194. The van der Waals surface area contributed by atoms with Crippen molar-refractivity contribution in [1.82, 2.24) is 5.32 Å². The van der Waals surface area contributed by atoms with E-state index in [9.17, 15) is 9.90 Å². The monoisotopic (exact) mass is 213 g/mol. The molecule has 2 N–H and O–H groups in total. The largest absolute Gasteiger partial charge is 0.394 e. The van der Waals surface area contributed by atoms with E-state index in [1.54, 1.807) is 0 Å². The summed E-state index contributed by atoms with van der Waals surface area (Å²) in [6.45, 7) is 2.25. The predicted molar refractivity (Wildman–Crippen MR) is 60.6 cm³/mol. The molecule has 1 amide bonds. The van der Waals surface area contributed by atoms with Crippen molar-refractivity contribution in [2.24, 2.45) is 0 Å². The standard InChI is InChI=1S/C12H23NO2/c1-2-3-4-5-7-11(15)13-12(10-14)8-6-9-12/h14H,2-10H2,1H3,(H,13,15). The first kappa shape index (κ1) is 12.5. The van der Waals surface area contributed by atoms with Gasteiger partial charge in [0.15, 0.2) is 0 Å². The first-order valence-electron chi connectivity index (χ1n) is 6.14. The Labute approximate surface area is 92.3 Å². The third kappa shape index (κ3) is 3.82. The van der Waals surface area contributed by atoms with Gasteiger partial charge < -0.3 is 10.4 Å². The first-order chi connectivity index (χ1) is 7.22. The van der Waals surface area contributed by atoms with Gasteiger partial charge in [-0.05, 0) is 25.7 Å². The fourth-order valence-corrected chi connectivity index (χ4v) is 2.00. The van der Waals surface area contributed by atoms with E-state index in [0.29, 0.717) is 6.42 Å².